The van der Waals surface area contributed by atoms with Gasteiger partial charge in [-0.2, -0.15) is 0 Å². The van der Waals surface area contributed by atoms with Gasteiger partial charge in [0.15, 0.2) is 0 Å². The standard InChI is InChI=1S/C56H107NO5/c1-3-5-7-9-11-13-15-17-19-21-23-25-27-29-34-38-42-46-50-56(61)62-51-47-43-39-35-31-30-33-37-41-45-49-55(60)57-53(52-58)54(59)48-44-40-36-32-28-26-24-22-20-18-16-14-12-10-8-6-4-2/h19,21,44,48,53-54,58-59H,3-18,20,22-43,45-47,49-52H2,1-2H3,(H,57,60)/b21-19-,48-44+. The monoisotopic (exact) mass is 874 g/mol. The van der Waals surface area contributed by atoms with Crippen LogP contribution in [0.25, 0.3) is 0 Å². The maximum atomic E-state index is 12.4. The van der Waals surface area contributed by atoms with Crippen molar-refractivity contribution in [1.29, 1.82) is 0 Å². The Morgan fingerprint density at radius 1 is 0.435 bits per heavy atom. The highest BCUT2D eigenvalue weighted by Crippen LogP contribution is 2.16. The molecule has 0 aromatic heterocycles. The van der Waals surface area contributed by atoms with Crippen molar-refractivity contribution in [3.63, 3.8) is 0 Å². The molecule has 0 aliphatic heterocycles. The first-order chi connectivity index (χ1) is 30.5. The van der Waals surface area contributed by atoms with Gasteiger partial charge in [0.25, 0.3) is 0 Å². The van der Waals surface area contributed by atoms with E-state index in [1.54, 1.807) is 6.08 Å². The van der Waals surface area contributed by atoms with Gasteiger partial charge in [0.05, 0.1) is 25.4 Å². The molecule has 2 unspecified atom stereocenters. The average molecular weight is 874 g/mol. The summed E-state index contributed by atoms with van der Waals surface area (Å²) < 4.78 is 5.47. The second-order valence-corrected chi connectivity index (χ2v) is 18.9. The van der Waals surface area contributed by atoms with E-state index in [9.17, 15) is 19.8 Å². The quantitative estimate of drug-likeness (QED) is 0.0321. The molecule has 0 radical (unpaired) electrons. The van der Waals surface area contributed by atoms with Crippen molar-refractivity contribution >= 4 is 11.9 Å². The molecule has 6 nitrogen and oxygen atoms in total. The molecule has 0 spiro atoms. The number of ether oxygens (including phenoxy) is 1. The van der Waals surface area contributed by atoms with Crippen LogP contribution >= 0.6 is 0 Å². The van der Waals surface area contributed by atoms with Crippen LogP contribution in [0.1, 0.15) is 296 Å². The van der Waals surface area contributed by atoms with Crippen molar-refractivity contribution in [2.75, 3.05) is 13.2 Å². The fourth-order valence-electron chi connectivity index (χ4n) is 8.45. The highest BCUT2D eigenvalue weighted by atomic mass is 16.5. The van der Waals surface area contributed by atoms with E-state index < -0.39 is 12.1 Å². The molecule has 1 amide bonds. The van der Waals surface area contributed by atoms with Gasteiger partial charge in [0, 0.05) is 12.8 Å². The van der Waals surface area contributed by atoms with E-state index in [2.05, 4.69) is 31.3 Å². The minimum absolute atomic E-state index is 0.0235. The van der Waals surface area contributed by atoms with Gasteiger partial charge >= 0.3 is 5.97 Å². The number of aliphatic hydroxyl groups excluding tert-OH is 2. The topological polar surface area (TPSA) is 95.9 Å². The molecular weight excluding hydrogens is 767 g/mol. The normalized spacial score (nSPS) is 12.8. The summed E-state index contributed by atoms with van der Waals surface area (Å²) in [7, 11) is 0. The Bertz CT molecular complexity index is 966. The van der Waals surface area contributed by atoms with Crippen molar-refractivity contribution in [1.82, 2.24) is 5.32 Å². The maximum Gasteiger partial charge on any atom is 0.305 e. The molecule has 0 bridgehead atoms. The smallest absolute Gasteiger partial charge is 0.305 e. The number of hydrogen-bond donors (Lipinski definition) is 3. The SMILES string of the molecule is CCCCCCCCC/C=C\CCCCCCCCCC(=O)OCCCCCCCCCCCCC(=O)NC(CO)C(O)/C=C/CCCCCCCCCCCCCCCCC. The van der Waals surface area contributed by atoms with Gasteiger partial charge in [-0.3, -0.25) is 9.59 Å². The number of nitrogens with one attached hydrogen (secondary N) is 1. The van der Waals surface area contributed by atoms with Crippen LogP contribution in [0.3, 0.4) is 0 Å². The Labute approximate surface area is 386 Å². The second kappa shape index (κ2) is 52.0. The zero-order valence-corrected chi connectivity index (χ0v) is 41.6. The van der Waals surface area contributed by atoms with Crippen molar-refractivity contribution in [3.8, 4) is 0 Å². The molecule has 62 heavy (non-hydrogen) atoms. The van der Waals surface area contributed by atoms with E-state index in [1.807, 2.05) is 6.08 Å². The Hall–Kier alpha value is -1.66. The number of allylic oxidation sites excluding steroid dienone is 3. The number of esters is 1. The van der Waals surface area contributed by atoms with Gasteiger partial charge in [0.2, 0.25) is 5.91 Å². The van der Waals surface area contributed by atoms with Gasteiger partial charge in [-0.05, 0) is 57.8 Å². The average Bonchev–Trinajstić information content (AvgIpc) is 3.27. The molecule has 0 rings (SSSR count). The Kier molecular flexibility index (Phi) is 50.6. The number of carbonyl (C=O) groups is 2. The molecular formula is C56H107NO5. The lowest BCUT2D eigenvalue weighted by Gasteiger charge is -2.20. The van der Waals surface area contributed by atoms with Crippen LogP contribution in [0.4, 0.5) is 0 Å². The second-order valence-electron chi connectivity index (χ2n) is 18.9. The lowest BCUT2D eigenvalue weighted by molar-refractivity contribution is -0.143. The van der Waals surface area contributed by atoms with Gasteiger partial charge < -0.3 is 20.3 Å². The molecule has 0 heterocycles. The molecule has 0 saturated carbocycles. The number of aliphatic hydroxyl groups is 2. The number of amides is 1. The minimum Gasteiger partial charge on any atom is -0.466 e. The lowest BCUT2D eigenvalue weighted by atomic mass is 10.0. The summed E-state index contributed by atoms with van der Waals surface area (Å²) in [5.41, 5.74) is 0. The van der Waals surface area contributed by atoms with Gasteiger partial charge in [-0.25, -0.2) is 0 Å². The number of rotatable bonds is 51. The summed E-state index contributed by atoms with van der Waals surface area (Å²) >= 11 is 0. The number of unbranched alkanes of at least 4 members (excludes halogenated alkanes) is 38. The molecule has 0 aliphatic carbocycles. The van der Waals surface area contributed by atoms with E-state index in [0.29, 0.717) is 19.4 Å². The first-order valence-electron chi connectivity index (χ1n) is 27.6. The van der Waals surface area contributed by atoms with Crippen LogP contribution in [0, 0.1) is 0 Å². The molecule has 0 aromatic carbocycles. The van der Waals surface area contributed by atoms with E-state index in [-0.39, 0.29) is 18.5 Å². The molecule has 0 saturated heterocycles. The van der Waals surface area contributed by atoms with Crippen molar-refractivity contribution in [3.05, 3.63) is 24.3 Å². The van der Waals surface area contributed by atoms with Gasteiger partial charge in [0.1, 0.15) is 0 Å². The van der Waals surface area contributed by atoms with Crippen molar-refractivity contribution in [2.45, 2.75) is 309 Å². The molecule has 0 aromatic rings. The first-order valence-corrected chi connectivity index (χ1v) is 27.6. The molecule has 0 fully saturated rings. The highest BCUT2D eigenvalue weighted by Gasteiger charge is 2.18. The number of carbonyl (C=O) groups excluding carboxylic acids is 2. The summed E-state index contributed by atoms with van der Waals surface area (Å²) in [5, 5.41) is 23.1. The Balaban J connectivity index is 3.50. The third kappa shape index (κ3) is 47.8. The van der Waals surface area contributed by atoms with Crippen LogP contribution in [0.2, 0.25) is 0 Å². The molecule has 6 heteroatoms. The molecule has 3 N–H and O–H groups in total. The van der Waals surface area contributed by atoms with Gasteiger partial charge in [-0.1, -0.05) is 250 Å². The third-order valence-electron chi connectivity index (χ3n) is 12.7. The summed E-state index contributed by atoms with van der Waals surface area (Å²) in [4.78, 5) is 24.5. The first kappa shape index (κ1) is 60.3. The number of hydrogen-bond acceptors (Lipinski definition) is 5. The van der Waals surface area contributed by atoms with Crippen LogP contribution in [-0.4, -0.2) is 47.4 Å². The lowest BCUT2D eigenvalue weighted by Crippen LogP contribution is -2.45. The summed E-state index contributed by atoms with van der Waals surface area (Å²) in [6, 6.07) is -0.645. The predicted octanol–water partition coefficient (Wildman–Crippen LogP) is 16.7. The van der Waals surface area contributed by atoms with Crippen molar-refractivity contribution in [2.24, 2.45) is 0 Å². The van der Waals surface area contributed by atoms with E-state index in [1.165, 1.54) is 212 Å². The Morgan fingerprint density at radius 2 is 0.758 bits per heavy atom. The highest BCUT2D eigenvalue weighted by molar-refractivity contribution is 5.76. The third-order valence-corrected chi connectivity index (χ3v) is 12.7. The predicted molar refractivity (Wildman–Crippen MR) is 269 cm³/mol. The van der Waals surface area contributed by atoms with Crippen LogP contribution in [-0.2, 0) is 14.3 Å². The molecule has 2 atom stereocenters. The van der Waals surface area contributed by atoms with E-state index in [0.717, 1.165) is 57.8 Å². The van der Waals surface area contributed by atoms with E-state index in [4.69, 9.17) is 4.74 Å². The Morgan fingerprint density at radius 3 is 1.15 bits per heavy atom. The van der Waals surface area contributed by atoms with Crippen LogP contribution in [0.15, 0.2) is 24.3 Å². The maximum absolute atomic E-state index is 12.4. The molecule has 366 valence electrons. The summed E-state index contributed by atoms with van der Waals surface area (Å²) in [6.07, 6.45) is 61.8. The van der Waals surface area contributed by atoms with E-state index >= 15 is 0 Å². The van der Waals surface area contributed by atoms with Gasteiger partial charge in [-0.15, -0.1) is 0 Å². The summed E-state index contributed by atoms with van der Waals surface area (Å²) in [5.74, 6) is -0.113. The van der Waals surface area contributed by atoms with Crippen LogP contribution < -0.4 is 5.32 Å². The fourth-order valence-corrected chi connectivity index (χ4v) is 8.45. The zero-order valence-electron chi connectivity index (χ0n) is 41.6. The fraction of sp³-hybridized carbons (Fsp3) is 0.893. The zero-order chi connectivity index (χ0) is 45.1. The van der Waals surface area contributed by atoms with Crippen LogP contribution in [0.5, 0.6) is 0 Å². The molecule has 0 aliphatic rings. The van der Waals surface area contributed by atoms with Crippen molar-refractivity contribution < 1.29 is 24.5 Å². The minimum atomic E-state index is -0.859. The largest absolute Gasteiger partial charge is 0.466 e. The summed E-state index contributed by atoms with van der Waals surface area (Å²) in [6.45, 7) is 4.86.